The van der Waals surface area contributed by atoms with Gasteiger partial charge in [0.05, 0.1) is 4.90 Å². The molecule has 1 N–H and O–H groups in total. The van der Waals surface area contributed by atoms with Crippen LogP contribution in [0.15, 0.2) is 53.4 Å². The molecule has 7 heteroatoms. The van der Waals surface area contributed by atoms with Gasteiger partial charge in [-0.05, 0) is 49.1 Å². The van der Waals surface area contributed by atoms with Gasteiger partial charge < -0.3 is 5.32 Å². The number of hydrogen-bond donors (Lipinski definition) is 1. The highest BCUT2D eigenvalue weighted by molar-refractivity contribution is 7.89. The summed E-state index contributed by atoms with van der Waals surface area (Å²) < 4.78 is 41.0. The number of halogens is 1. The fraction of sp³-hybridized carbons (Fsp3) is 0.381. The van der Waals surface area contributed by atoms with E-state index in [1.165, 1.54) is 22.5 Å². The third-order valence-corrected chi connectivity index (χ3v) is 6.83. The van der Waals surface area contributed by atoms with Crippen molar-refractivity contribution in [1.29, 1.82) is 0 Å². The monoisotopic (exact) mass is 404 g/mol. The normalized spacial score (nSPS) is 15.8. The highest BCUT2D eigenvalue weighted by Gasteiger charge is 2.25. The maximum atomic E-state index is 13.6. The summed E-state index contributed by atoms with van der Waals surface area (Å²) in [5.74, 6) is -0.674. The smallest absolute Gasteiger partial charge is 0.251 e. The molecule has 2 aromatic rings. The minimum absolute atomic E-state index is 0.135. The molecule has 1 amide bonds. The molecule has 1 aliphatic heterocycles. The van der Waals surface area contributed by atoms with Gasteiger partial charge in [-0.15, -0.1) is 0 Å². The predicted octanol–water partition coefficient (Wildman–Crippen LogP) is 3.36. The summed E-state index contributed by atoms with van der Waals surface area (Å²) >= 11 is 0. The van der Waals surface area contributed by atoms with E-state index in [1.807, 2.05) is 0 Å². The first-order valence-corrected chi connectivity index (χ1v) is 11.0. The average molecular weight is 405 g/mol. The summed E-state index contributed by atoms with van der Waals surface area (Å²) in [5, 5.41) is 2.73. The number of nitrogens with zero attached hydrogens (tertiary/aromatic N) is 1. The summed E-state index contributed by atoms with van der Waals surface area (Å²) in [6, 6.07) is 12.5. The predicted molar refractivity (Wildman–Crippen MR) is 106 cm³/mol. The lowest BCUT2D eigenvalue weighted by Crippen LogP contribution is -2.32. The van der Waals surface area contributed by atoms with Gasteiger partial charge in [0, 0.05) is 25.2 Å². The highest BCUT2D eigenvalue weighted by atomic mass is 32.2. The fourth-order valence-electron chi connectivity index (χ4n) is 3.34. The van der Waals surface area contributed by atoms with Crippen molar-refractivity contribution in [2.24, 2.45) is 0 Å². The van der Waals surface area contributed by atoms with Crippen LogP contribution >= 0.6 is 0 Å². The number of amides is 1. The summed E-state index contributed by atoms with van der Waals surface area (Å²) in [6.07, 6.45) is 4.15. The number of sulfonamides is 1. The van der Waals surface area contributed by atoms with E-state index >= 15 is 0 Å². The Kier molecular flexibility index (Phi) is 6.80. The summed E-state index contributed by atoms with van der Waals surface area (Å²) in [4.78, 5) is 12.6. The third-order valence-electron chi connectivity index (χ3n) is 4.94. The number of carbonyl (C=O) groups is 1. The number of nitrogens with one attached hydrogen (secondary N) is 1. The van der Waals surface area contributed by atoms with E-state index in [0.29, 0.717) is 25.1 Å². The first-order valence-electron chi connectivity index (χ1n) is 9.60. The molecular formula is C21H25FN2O3S. The second-order valence-corrected chi connectivity index (χ2v) is 8.88. The van der Waals surface area contributed by atoms with E-state index in [0.717, 1.165) is 25.7 Å². The van der Waals surface area contributed by atoms with Crippen LogP contribution in [0.25, 0.3) is 0 Å². The molecule has 1 saturated heterocycles. The Balaban J connectivity index is 1.66. The zero-order chi connectivity index (χ0) is 20.0. The molecule has 0 radical (unpaired) electrons. The van der Waals surface area contributed by atoms with Crippen LogP contribution in [0.1, 0.15) is 41.6 Å². The molecule has 0 bridgehead atoms. The second-order valence-electron chi connectivity index (χ2n) is 6.94. The fourth-order valence-corrected chi connectivity index (χ4v) is 4.91. The molecule has 1 heterocycles. The van der Waals surface area contributed by atoms with Crippen molar-refractivity contribution in [2.45, 2.75) is 37.0 Å². The summed E-state index contributed by atoms with van der Waals surface area (Å²) in [7, 11) is -3.61. The topological polar surface area (TPSA) is 66.5 Å². The van der Waals surface area contributed by atoms with Crippen molar-refractivity contribution in [3.63, 3.8) is 0 Å². The van der Waals surface area contributed by atoms with Gasteiger partial charge in [0.15, 0.2) is 0 Å². The van der Waals surface area contributed by atoms with Gasteiger partial charge in [0.25, 0.3) is 5.91 Å². The van der Waals surface area contributed by atoms with E-state index in [-0.39, 0.29) is 28.7 Å². The molecule has 0 aliphatic carbocycles. The van der Waals surface area contributed by atoms with Gasteiger partial charge in [-0.25, -0.2) is 12.8 Å². The standard InChI is InChI=1S/C21H25FN2O3S/c22-20-11-4-3-8-17(20)12-13-23-21(25)18-9-7-10-19(16-18)28(26,27)24-14-5-1-2-6-15-24/h3-4,7-11,16H,1-2,5-6,12-15H2,(H,23,25). The third kappa shape index (κ3) is 4.97. The van der Waals surface area contributed by atoms with Gasteiger partial charge in [-0.2, -0.15) is 4.31 Å². The van der Waals surface area contributed by atoms with Crippen molar-refractivity contribution < 1.29 is 17.6 Å². The number of hydrogen-bond acceptors (Lipinski definition) is 3. The molecule has 28 heavy (non-hydrogen) atoms. The Labute approximate surface area is 165 Å². The zero-order valence-electron chi connectivity index (χ0n) is 15.7. The molecule has 1 aliphatic rings. The van der Waals surface area contributed by atoms with E-state index in [2.05, 4.69) is 5.32 Å². The van der Waals surface area contributed by atoms with Crippen molar-refractivity contribution in [1.82, 2.24) is 9.62 Å². The van der Waals surface area contributed by atoms with Crippen molar-refractivity contribution in [2.75, 3.05) is 19.6 Å². The second kappa shape index (κ2) is 9.30. The molecule has 0 saturated carbocycles. The molecule has 2 aromatic carbocycles. The van der Waals surface area contributed by atoms with Crippen LogP contribution in [0, 0.1) is 5.82 Å². The number of benzene rings is 2. The molecular weight excluding hydrogens is 379 g/mol. The lowest BCUT2D eigenvalue weighted by molar-refractivity contribution is 0.0954. The van der Waals surface area contributed by atoms with Crippen LogP contribution in [-0.2, 0) is 16.4 Å². The van der Waals surface area contributed by atoms with Crippen LogP contribution in [0.3, 0.4) is 0 Å². The SMILES string of the molecule is O=C(NCCc1ccccc1F)c1cccc(S(=O)(=O)N2CCCCCC2)c1. The Morgan fingerprint density at radius 2 is 1.71 bits per heavy atom. The van der Waals surface area contributed by atoms with Gasteiger partial charge in [0.1, 0.15) is 5.82 Å². The van der Waals surface area contributed by atoms with Crippen molar-refractivity contribution in [3.05, 3.63) is 65.5 Å². The average Bonchev–Trinajstić information content (AvgIpc) is 2.99. The molecule has 1 fully saturated rings. The van der Waals surface area contributed by atoms with Crippen molar-refractivity contribution in [3.8, 4) is 0 Å². The lowest BCUT2D eigenvalue weighted by atomic mass is 10.1. The molecule has 0 aromatic heterocycles. The minimum Gasteiger partial charge on any atom is -0.352 e. The van der Waals surface area contributed by atoms with Crippen LogP contribution < -0.4 is 5.32 Å². The Bertz CT molecular complexity index is 923. The molecule has 0 atom stereocenters. The van der Waals surface area contributed by atoms with Gasteiger partial charge >= 0.3 is 0 Å². The van der Waals surface area contributed by atoms with E-state index in [4.69, 9.17) is 0 Å². The van der Waals surface area contributed by atoms with Gasteiger partial charge in [0.2, 0.25) is 10.0 Å². The summed E-state index contributed by atoms with van der Waals surface area (Å²) in [5.41, 5.74) is 0.810. The zero-order valence-corrected chi connectivity index (χ0v) is 16.6. The maximum absolute atomic E-state index is 13.6. The molecule has 0 spiro atoms. The Morgan fingerprint density at radius 3 is 2.43 bits per heavy atom. The van der Waals surface area contributed by atoms with E-state index in [9.17, 15) is 17.6 Å². The van der Waals surface area contributed by atoms with Crippen LogP contribution in [-0.4, -0.2) is 38.3 Å². The molecule has 5 nitrogen and oxygen atoms in total. The van der Waals surface area contributed by atoms with E-state index in [1.54, 1.807) is 30.3 Å². The molecule has 3 rings (SSSR count). The van der Waals surface area contributed by atoms with Gasteiger partial charge in [-0.1, -0.05) is 37.1 Å². The first-order chi connectivity index (χ1) is 13.5. The van der Waals surface area contributed by atoms with Crippen LogP contribution in [0.5, 0.6) is 0 Å². The van der Waals surface area contributed by atoms with Crippen molar-refractivity contribution >= 4 is 15.9 Å². The lowest BCUT2D eigenvalue weighted by Gasteiger charge is -2.20. The van der Waals surface area contributed by atoms with E-state index < -0.39 is 10.0 Å². The van der Waals surface area contributed by atoms with Gasteiger partial charge in [-0.3, -0.25) is 4.79 Å². The number of carbonyl (C=O) groups excluding carboxylic acids is 1. The largest absolute Gasteiger partial charge is 0.352 e. The maximum Gasteiger partial charge on any atom is 0.251 e. The summed E-state index contributed by atoms with van der Waals surface area (Å²) in [6.45, 7) is 1.30. The Hall–Kier alpha value is -2.25. The Morgan fingerprint density at radius 1 is 1.00 bits per heavy atom. The quantitative estimate of drug-likeness (QED) is 0.803. The molecule has 0 unspecified atom stereocenters. The first kappa shape index (κ1) is 20.5. The molecule has 150 valence electrons. The highest BCUT2D eigenvalue weighted by Crippen LogP contribution is 2.21. The number of rotatable bonds is 6. The van der Waals surface area contributed by atoms with Crippen LogP contribution in [0.4, 0.5) is 4.39 Å². The van der Waals surface area contributed by atoms with Crippen LogP contribution in [0.2, 0.25) is 0 Å². The minimum atomic E-state index is -3.61.